The molecule has 4 rings (SSSR count). The third-order valence-corrected chi connectivity index (χ3v) is 4.13. The van der Waals surface area contributed by atoms with E-state index in [1.54, 1.807) is 12.1 Å². The lowest BCUT2D eigenvalue weighted by molar-refractivity contribution is -0.140. The molecule has 2 aromatic heterocycles. The van der Waals surface area contributed by atoms with Crippen LogP contribution in [0, 0.1) is 6.92 Å². The first-order valence-corrected chi connectivity index (χ1v) is 8.01. The van der Waals surface area contributed by atoms with Crippen LogP contribution in [0.1, 0.15) is 11.3 Å². The van der Waals surface area contributed by atoms with E-state index in [0.29, 0.717) is 16.7 Å². The second kappa shape index (κ2) is 5.98. The summed E-state index contributed by atoms with van der Waals surface area (Å²) in [5.41, 5.74) is 1.75. The topological polar surface area (TPSA) is 37.8 Å². The maximum Gasteiger partial charge on any atom is 0.433 e. The standard InChI is InChI=1S/C20H14F3N3/c1-12-2-8-15(9-3-12)24-17-11-7-14-5-4-13-6-10-16(20(21,22)23)25-18(13)19(14)26-17/h2-11H,1H3,(H,24,26). The molecule has 6 heteroatoms. The number of halogens is 3. The molecule has 0 fully saturated rings. The fourth-order valence-corrected chi connectivity index (χ4v) is 2.78. The maximum absolute atomic E-state index is 13.0. The van der Waals surface area contributed by atoms with E-state index in [4.69, 9.17) is 0 Å². The molecule has 2 heterocycles. The molecule has 1 N–H and O–H groups in total. The molecule has 3 nitrogen and oxygen atoms in total. The lowest BCUT2D eigenvalue weighted by atomic mass is 10.1. The van der Waals surface area contributed by atoms with Crippen molar-refractivity contribution < 1.29 is 13.2 Å². The zero-order valence-corrected chi connectivity index (χ0v) is 13.8. The molecule has 0 unspecified atom stereocenters. The van der Waals surface area contributed by atoms with E-state index in [9.17, 15) is 13.2 Å². The Morgan fingerprint density at radius 3 is 1.96 bits per heavy atom. The second-order valence-corrected chi connectivity index (χ2v) is 6.09. The summed E-state index contributed by atoms with van der Waals surface area (Å²) in [6, 6.07) is 17.4. The molecule has 26 heavy (non-hydrogen) atoms. The van der Waals surface area contributed by atoms with E-state index in [1.807, 2.05) is 43.3 Å². The Bertz CT molecular complexity index is 1100. The van der Waals surface area contributed by atoms with Crippen LogP contribution in [0.2, 0.25) is 0 Å². The van der Waals surface area contributed by atoms with Crippen LogP contribution < -0.4 is 5.32 Å². The molecule has 0 aliphatic heterocycles. The number of aromatic nitrogens is 2. The van der Waals surface area contributed by atoms with Crippen LogP contribution in [0.5, 0.6) is 0 Å². The van der Waals surface area contributed by atoms with Crippen molar-refractivity contribution >= 4 is 33.3 Å². The molecule has 0 saturated carbocycles. The number of hydrogen-bond donors (Lipinski definition) is 1. The maximum atomic E-state index is 13.0. The van der Waals surface area contributed by atoms with E-state index in [1.165, 1.54) is 6.07 Å². The summed E-state index contributed by atoms with van der Waals surface area (Å²) < 4.78 is 39.1. The molecule has 0 saturated heterocycles. The fraction of sp³-hybridized carbons (Fsp3) is 0.100. The number of benzene rings is 2. The van der Waals surface area contributed by atoms with E-state index in [2.05, 4.69) is 15.3 Å². The van der Waals surface area contributed by atoms with E-state index in [0.717, 1.165) is 22.7 Å². The van der Waals surface area contributed by atoms with Gasteiger partial charge in [0.25, 0.3) is 0 Å². The van der Waals surface area contributed by atoms with E-state index < -0.39 is 11.9 Å². The number of aryl methyl sites for hydroxylation is 1. The van der Waals surface area contributed by atoms with Crippen LogP contribution in [0.25, 0.3) is 21.8 Å². The minimum atomic E-state index is -4.49. The Morgan fingerprint density at radius 2 is 1.31 bits per heavy atom. The van der Waals surface area contributed by atoms with Crippen LogP contribution in [0.15, 0.2) is 60.7 Å². The molecule has 4 aromatic rings. The number of alkyl halides is 3. The highest BCUT2D eigenvalue weighted by Gasteiger charge is 2.32. The average Bonchev–Trinajstić information content (AvgIpc) is 2.62. The van der Waals surface area contributed by atoms with Crippen LogP contribution in [-0.2, 0) is 6.18 Å². The largest absolute Gasteiger partial charge is 0.433 e. The molecule has 0 spiro atoms. The first-order valence-electron chi connectivity index (χ1n) is 8.01. The Hall–Kier alpha value is -3.15. The number of fused-ring (bicyclic) bond motifs is 3. The van der Waals surface area contributed by atoms with Crippen molar-refractivity contribution in [3.05, 3.63) is 71.9 Å². The van der Waals surface area contributed by atoms with Crippen LogP contribution in [-0.4, -0.2) is 9.97 Å². The first kappa shape index (κ1) is 16.3. The summed E-state index contributed by atoms with van der Waals surface area (Å²) in [4.78, 5) is 8.32. The summed E-state index contributed by atoms with van der Waals surface area (Å²) in [5, 5.41) is 4.52. The number of nitrogens with one attached hydrogen (secondary N) is 1. The van der Waals surface area contributed by atoms with Crippen molar-refractivity contribution in [2.75, 3.05) is 5.32 Å². The van der Waals surface area contributed by atoms with Gasteiger partial charge in [0.05, 0.1) is 11.0 Å². The fourth-order valence-electron chi connectivity index (χ4n) is 2.78. The highest BCUT2D eigenvalue weighted by molar-refractivity contribution is 6.03. The Balaban J connectivity index is 1.84. The predicted octanol–water partition coefficient (Wildman–Crippen LogP) is 5.85. The number of hydrogen-bond acceptors (Lipinski definition) is 3. The van der Waals surface area contributed by atoms with Crippen molar-refractivity contribution in [1.82, 2.24) is 9.97 Å². The number of pyridine rings is 2. The molecular weight excluding hydrogens is 339 g/mol. The molecule has 0 aliphatic rings. The Morgan fingerprint density at radius 1 is 0.731 bits per heavy atom. The van der Waals surface area contributed by atoms with Gasteiger partial charge in [0.2, 0.25) is 0 Å². The van der Waals surface area contributed by atoms with Crippen LogP contribution in [0.3, 0.4) is 0 Å². The van der Waals surface area contributed by atoms with Gasteiger partial charge in [0.15, 0.2) is 0 Å². The SMILES string of the molecule is Cc1ccc(Nc2ccc3ccc4ccc(C(F)(F)F)nc4c3n2)cc1. The minimum Gasteiger partial charge on any atom is -0.340 e. The second-order valence-electron chi connectivity index (χ2n) is 6.09. The van der Waals surface area contributed by atoms with Crippen LogP contribution >= 0.6 is 0 Å². The van der Waals surface area contributed by atoms with Crippen molar-refractivity contribution in [3.63, 3.8) is 0 Å². The number of rotatable bonds is 2. The molecule has 0 aliphatic carbocycles. The van der Waals surface area contributed by atoms with Crippen molar-refractivity contribution in [3.8, 4) is 0 Å². The number of anilines is 2. The van der Waals surface area contributed by atoms with Gasteiger partial charge in [0, 0.05) is 16.5 Å². The van der Waals surface area contributed by atoms with Crippen LogP contribution in [0.4, 0.5) is 24.7 Å². The molecule has 0 amide bonds. The van der Waals surface area contributed by atoms with Crippen molar-refractivity contribution in [2.24, 2.45) is 0 Å². The Labute approximate surface area is 147 Å². The lowest BCUT2D eigenvalue weighted by Crippen LogP contribution is -2.07. The Kier molecular flexibility index (Phi) is 3.76. The summed E-state index contributed by atoms with van der Waals surface area (Å²) >= 11 is 0. The van der Waals surface area contributed by atoms with Gasteiger partial charge in [-0.25, -0.2) is 9.97 Å². The number of nitrogens with zero attached hydrogens (tertiary/aromatic N) is 2. The highest BCUT2D eigenvalue weighted by Crippen LogP contribution is 2.31. The van der Waals surface area contributed by atoms with E-state index in [-0.39, 0.29) is 5.52 Å². The first-order chi connectivity index (χ1) is 12.4. The van der Waals surface area contributed by atoms with E-state index >= 15 is 0 Å². The van der Waals surface area contributed by atoms with Crippen molar-refractivity contribution in [1.29, 1.82) is 0 Å². The normalized spacial score (nSPS) is 11.8. The predicted molar refractivity (Wildman–Crippen MR) is 96.5 cm³/mol. The van der Waals surface area contributed by atoms with Gasteiger partial charge in [-0.1, -0.05) is 35.9 Å². The monoisotopic (exact) mass is 353 g/mol. The summed E-state index contributed by atoms with van der Waals surface area (Å²) in [6.45, 7) is 1.99. The summed E-state index contributed by atoms with van der Waals surface area (Å²) in [6.07, 6.45) is -4.49. The zero-order valence-electron chi connectivity index (χ0n) is 13.8. The molecule has 2 aromatic carbocycles. The molecular formula is C20H14F3N3. The third kappa shape index (κ3) is 3.06. The quantitative estimate of drug-likeness (QED) is 0.459. The van der Waals surface area contributed by atoms with Gasteiger partial charge in [0.1, 0.15) is 11.5 Å². The summed E-state index contributed by atoms with van der Waals surface area (Å²) in [7, 11) is 0. The van der Waals surface area contributed by atoms with Gasteiger partial charge >= 0.3 is 6.18 Å². The summed E-state index contributed by atoms with van der Waals surface area (Å²) in [5.74, 6) is 0.549. The lowest BCUT2D eigenvalue weighted by Gasteiger charge is -2.10. The highest BCUT2D eigenvalue weighted by atomic mass is 19.4. The third-order valence-electron chi connectivity index (χ3n) is 4.13. The van der Waals surface area contributed by atoms with Gasteiger partial charge in [-0.3, -0.25) is 0 Å². The zero-order chi connectivity index (χ0) is 18.3. The van der Waals surface area contributed by atoms with Gasteiger partial charge in [-0.15, -0.1) is 0 Å². The smallest absolute Gasteiger partial charge is 0.340 e. The van der Waals surface area contributed by atoms with Gasteiger partial charge < -0.3 is 5.32 Å². The molecule has 130 valence electrons. The minimum absolute atomic E-state index is 0.241. The molecule has 0 atom stereocenters. The van der Waals surface area contributed by atoms with Crippen molar-refractivity contribution in [2.45, 2.75) is 13.1 Å². The van der Waals surface area contributed by atoms with Gasteiger partial charge in [-0.2, -0.15) is 13.2 Å². The molecule has 0 bridgehead atoms. The van der Waals surface area contributed by atoms with Gasteiger partial charge in [-0.05, 0) is 37.3 Å². The average molecular weight is 353 g/mol. The molecule has 0 radical (unpaired) electrons.